The Morgan fingerprint density at radius 1 is 0.933 bits per heavy atom. The summed E-state index contributed by atoms with van der Waals surface area (Å²) in [4.78, 5) is 2.61. The molecule has 0 spiro atoms. The SMILES string of the molecule is CCCCN(CCCC)CCCC(C)N. The van der Waals surface area contributed by atoms with Crippen LogP contribution in [0.2, 0.25) is 0 Å². The molecule has 0 aromatic heterocycles. The summed E-state index contributed by atoms with van der Waals surface area (Å²) >= 11 is 0. The van der Waals surface area contributed by atoms with Crippen molar-refractivity contribution in [3.63, 3.8) is 0 Å². The highest BCUT2D eigenvalue weighted by molar-refractivity contribution is 4.60. The first-order chi connectivity index (χ1) is 7.20. The van der Waals surface area contributed by atoms with E-state index in [9.17, 15) is 0 Å². The minimum atomic E-state index is 0.365. The number of rotatable bonds is 10. The molecule has 0 bridgehead atoms. The molecule has 0 aliphatic heterocycles. The van der Waals surface area contributed by atoms with Crippen LogP contribution in [-0.4, -0.2) is 30.6 Å². The number of unbranched alkanes of at least 4 members (excludes halogenated alkanes) is 2. The number of nitrogens with two attached hydrogens (primary N) is 1. The van der Waals surface area contributed by atoms with Crippen molar-refractivity contribution in [2.45, 2.75) is 65.3 Å². The van der Waals surface area contributed by atoms with Crippen LogP contribution in [0.5, 0.6) is 0 Å². The average Bonchev–Trinajstić information content (AvgIpc) is 2.20. The first kappa shape index (κ1) is 14.9. The van der Waals surface area contributed by atoms with Gasteiger partial charge in [0.2, 0.25) is 0 Å². The van der Waals surface area contributed by atoms with E-state index in [1.54, 1.807) is 0 Å². The Bertz CT molecular complexity index is 116. The zero-order valence-electron chi connectivity index (χ0n) is 11.0. The van der Waals surface area contributed by atoms with Gasteiger partial charge in [0.05, 0.1) is 0 Å². The van der Waals surface area contributed by atoms with E-state index in [0.29, 0.717) is 6.04 Å². The minimum absolute atomic E-state index is 0.365. The summed E-state index contributed by atoms with van der Waals surface area (Å²) in [6.45, 7) is 10.4. The van der Waals surface area contributed by atoms with Gasteiger partial charge >= 0.3 is 0 Å². The van der Waals surface area contributed by atoms with Gasteiger partial charge in [0.25, 0.3) is 0 Å². The second-order valence-electron chi connectivity index (χ2n) is 4.67. The number of hydrogen-bond acceptors (Lipinski definition) is 2. The molecule has 0 amide bonds. The van der Waals surface area contributed by atoms with Crippen LogP contribution < -0.4 is 5.73 Å². The van der Waals surface area contributed by atoms with Crippen LogP contribution in [0.1, 0.15) is 59.3 Å². The molecule has 1 atom stereocenters. The van der Waals surface area contributed by atoms with Crippen LogP contribution in [0.25, 0.3) is 0 Å². The van der Waals surface area contributed by atoms with Crippen molar-refractivity contribution in [2.75, 3.05) is 19.6 Å². The predicted octanol–water partition coefficient (Wildman–Crippen LogP) is 3.02. The largest absolute Gasteiger partial charge is 0.328 e. The highest BCUT2D eigenvalue weighted by atomic mass is 15.1. The van der Waals surface area contributed by atoms with Gasteiger partial charge in [-0.25, -0.2) is 0 Å². The van der Waals surface area contributed by atoms with Crippen LogP contribution in [0.15, 0.2) is 0 Å². The maximum atomic E-state index is 5.76. The van der Waals surface area contributed by atoms with E-state index in [4.69, 9.17) is 5.73 Å². The highest BCUT2D eigenvalue weighted by Crippen LogP contribution is 2.03. The van der Waals surface area contributed by atoms with E-state index in [-0.39, 0.29) is 0 Å². The molecule has 2 nitrogen and oxygen atoms in total. The third-order valence-electron chi connectivity index (χ3n) is 2.79. The van der Waals surface area contributed by atoms with Gasteiger partial charge in [0, 0.05) is 6.04 Å². The summed E-state index contributed by atoms with van der Waals surface area (Å²) in [5, 5.41) is 0. The summed E-state index contributed by atoms with van der Waals surface area (Å²) < 4.78 is 0. The molecule has 2 heteroatoms. The zero-order chi connectivity index (χ0) is 11.5. The maximum absolute atomic E-state index is 5.76. The van der Waals surface area contributed by atoms with E-state index in [1.807, 2.05) is 0 Å². The summed E-state index contributed by atoms with van der Waals surface area (Å²) in [5.41, 5.74) is 5.76. The van der Waals surface area contributed by atoms with Crippen molar-refractivity contribution in [2.24, 2.45) is 5.73 Å². The molecule has 2 N–H and O–H groups in total. The van der Waals surface area contributed by atoms with E-state index in [0.717, 1.165) is 6.42 Å². The average molecular weight is 214 g/mol. The van der Waals surface area contributed by atoms with E-state index >= 15 is 0 Å². The fraction of sp³-hybridized carbons (Fsp3) is 1.00. The molecule has 0 heterocycles. The fourth-order valence-electron chi connectivity index (χ4n) is 1.74. The lowest BCUT2D eigenvalue weighted by atomic mass is 10.2. The second kappa shape index (κ2) is 10.4. The van der Waals surface area contributed by atoms with Gasteiger partial charge in [0.1, 0.15) is 0 Å². The van der Waals surface area contributed by atoms with Gasteiger partial charge in [-0.1, -0.05) is 26.7 Å². The third kappa shape index (κ3) is 10.2. The summed E-state index contributed by atoms with van der Waals surface area (Å²) in [6.07, 6.45) is 7.69. The molecule has 15 heavy (non-hydrogen) atoms. The maximum Gasteiger partial charge on any atom is 0.00109 e. The monoisotopic (exact) mass is 214 g/mol. The Morgan fingerprint density at radius 3 is 1.80 bits per heavy atom. The van der Waals surface area contributed by atoms with Crippen LogP contribution in [-0.2, 0) is 0 Å². The van der Waals surface area contributed by atoms with Crippen molar-refractivity contribution < 1.29 is 0 Å². The summed E-state index contributed by atoms with van der Waals surface area (Å²) in [7, 11) is 0. The Hall–Kier alpha value is -0.0800. The Labute approximate surface area is 96.2 Å². The molecule has 0 aliphatic carbocycles. The van der Waals surface area contributed by atoms with Gasteiger partial charge in [0.15, 0.2) is 0 Å². The molecule has 0 aromatic carbocycles. The van der Waals surface area contributed by atoms with E-state index in [1.165, 1.54) is 51.7 Å². The Kier molecular flexibility index (Phi) is 10.4. The van der Waals surface area contributed by atoms with E-state index in [2.05, 4.69) is 25.7 Å². The lowest BCUT2D eigenvalue weighted by Crippen LogP contribution is -2.28. The smallest absolute Gasteiger partial charge is 0.00109 e. The lowest BCUT2D eigenvalue weighted by molar-refractivity contribution is 0.258. The molecular weight excluding hydrogens is 184 g/mol. The van der Waals surface area contributed by atoms with Gasteiger partial charge in [-0.15, -0.1) is 0 Å². The van der Waals surface area contributed by atoms with Crippen LogP contribution >= 0.6 is 0 Å². The summed E-state index contributed by atoms with van der Waals surface area (Å²) in [6, 6.07) is 0.365. The molecule has 0 aliphatic rings. The molecule has 0 radical (unpaired) electrons. The topological polar surface area (TPSA) is 29.3 Å². The molecule has 0 aromatic rings. The zero-order valence-corrected chi connectivity index (χ0v) is 11.0. The van der Waals surface area contributed by atoms with Crippen molar-refractivity contribution >= 4 is 0 Å². The Morgan fingerprint density at radius 2 is 1.40 bits per heavy atom. The molecule has 0 rings (SSSR count). The molecule has 0 fully saturated rings. The van der Waals surface area contributed by atoms with E-state index < -0.39 is 0 Å². The van der Waals surface area contributed by atoms with Crippen molar-refractivity contribution in [1.82, 2.24) is 4.90 Å². The number of hydrogen-bond donors (Lipinski definition) is 1. The molecule has 1 unspecified atom stereocenters. The van der Waals surface area contributed by atoms with Crippen LogP contribution in [0, 0.1) is 0 Å². The van der Waals surface area contributed by atoms with Crippen LogP contribution in [0.3, 0.4) is 0 Å². The minimum Gasteiger partial charge on any atom is -0.328 e. The van der Waals surface area contributed by atoms with Gasteiger partial charge < -0.3 is 10.6 Å². The van der Waals surface area contributed by atoms with Gasteiger partial charge in [-0.3, -0.25) is 0 Å². The van der Waals surface area contributed by atoms with Crippen molar-refractivity contribution in [3.8, 4) is 0 Å². The lowest BCUT2D eigenvalue weighted by Gasteiger charge is -2.22. The van der Waals surface area contributed by atoms with Crippen molar-refractivity contribution in [1.29, 1.82) is 0 Å². The molecule has 92 valence electrons. The second-order valence-corrected chi connectivity index (χ2v) is 4.67. The standard InChI is InChI=1S/C13H30N2/c1-4-6-10-15(11-7-5-2)12-8-9-13(3)14/h13H,4-12,14H2,1-3H3. The van der Waals surface area contributed by atoms with Crippen molar-refractivity contribution in [3.05, 3.63) is 0 Å². The van der Waals surface area contributed by atoms with Crippen LogP contribution in [0.4, 0.5) is 0 Å². The molecule has 0 saturated carbocycles. The fourth-order valence-corrected chi connectivity index (χ4v) is 1.74. The Balaban J connectivity index is 3.58. The predicted molar refractivity (Wildman–Crippen MR) is 69.1 cm³/mol. The first-order valence-electron chi connectivity index (χ1n) is 6.68. The van der Waals surface area contributed by atoms with Gasteiger partial charge in [-0.2, -0.15) is 0 Å². The molecular formula is C13H30N2. The van der Waals surface area contributed by atoms with Gasteiger partial charge in [-0.05, 0) is 52.2 Å². The third-order valence-corrected chi connectivity index (χ3v) is 2.79. The highest BCUT2D eigenvalue weighted by Gasteiger charge is 2.04. The number of nitrogens with zero attached hydrogens (tertiary/aromatic N) is 1. The molecule has 0 saturated heterocycles. The summed E-state index contributed by atoms with van der Waals surface area (Å²) in [5.74, 6) is 0. The normalized spacial score (nSPS) is 13.4. The quantitative estimate of drug-likeness (QED) is 0.606. The first-order valence-corrected chi connectivity index (χ1v) is 6.68.